The van der Waals surface area contributed by atoms with Gasteiger partial charge >= 0.3 is 11.9 Å². The van der Waals surface area contributed by atoms with Crippen molar-refractivity contribution >= 4 is 34.6 Å². The minimum atomic E-state index is -1.48. The largest absolute Gasteiger partial charge is 0.468 e. The van der Waals surface area contributed by atoms with E-state index < -0.39 is 23.5 Å². The van der Waals surface area contributed by atoms with Gasteiger partial charge in [-0.15, -0.1) is 22.7 Å². The second-order valence-corrected chi connectivity index (χ2v) is 7.15. The maximum absolute atomic E-state index is 12.6. The van der Waals surface area contributed by atoms with Crippen molar-refractivity contribution in [3.05, 3.63) is 44.8 Å². The highest BCUT2D eigenvalue weighted by Crippen LogP contribution is 2.56. The molecule has 1 saturated heterocycles. The molecule has 5 nitrogen and oxygen atoms in total. The average Bonchev–Trinajstić information content (AvgIpc) is 3.32. The first-order valence-corrected chi connectivity index (χ1v) is 8.78. The third-order valence-corrected chi connectivity index (χ3v) is 5.90. The molecule has 0 aliphatic carbocycles. The molecule has 3 heterocycles. The fraction of sp³-hybridized carbons (Fsp3) is 0.375. The summed E-state index contributed by atoms with van der Waals surface area (Å²) in [4.78, 5) is 26.9. The van der Waals surface area contributed by atoms with Gasteiger partial charge in [-0.2, -0.15) is 0 Å². The average molecular weight is 352 g/mol. The molecule has 0 N–H and O–H groups in total. The molecule has 3 rings (SSSR count). The van der Waals surface area contributed by atoms with Crippen molar-refractivity contribution in [1.82, 2.24) is 0 Å². The molecular formula is C16H16O5S2. The normalized spacial score (nSPS) is 22.7. The van der Waals surface area contributed by atoms with Crippen LogP contribution in [-0.2, 0) is 23.8 Å². The van der Waals surface area contributed by atoms with E-state index >= 15 is 0 Å². The standard InChI is InChI=1S/C16H16O5S2/c1-19-14(17)16(15(18)20-2)9-10(11-5-3-7-22-11)21-13(16)12-6-4-8-23-12/h3-8,10,13H,9H2,1-2H3/t10-,13-/m1/s1. The van der Waals surface area contributed by atoms with Crippen molar-refractivity contribution in [2.75, 3.05) is 14.2 Å². The third kappa shape index (κ3) is 2.58. The van der Waals surface area contributed by atoms with Crippen molar-refractivity contribution < 1.29 is 23.8 Å². The van der Waals surface area contributed by atoms with Gasteiger partial charge in [0.05, 0.1) is 20.3 Å². The lowest BCUT2D eigenvalue weighted by Gasteiger charge is -2.27. The first-order chi connectivity index (χ1) is 11.1. The maximum atomic E-state index is 12.6. The van der Waals surface area contributed by atoms with Crippen molar-refractivity contribution in [2.45, 2.75) is 18.6 Å². The molecule has 0 bridgehead atoms. The molecule has 1 fully saturated rings. The predicted octanol–water partition coefficient (Wildman–Crippen LogP) is 3.34. The minimum Gasteiger partial charge on any atom is -0.468 e. The number of thiophene rings is 2. The van der Waals surface area contributed by atoms with Gasteiger partial charge in [-0.25, -0.2) is 0 Å². The molecule has 2 atom stereocenters. The molecule has 0 unspecified atom stereocenters. The Hall–Kier alpha value is -1.70. The first kappa shape index (κ1) is 16.2. The van der Waals surface area contributed by atoms with Gasteiger partial charge in [-0.3, -0.25) is 9.59 Å². The number of carbonyl (C=O) groups is 2. The van der Waals surface area contributed by atoms with E-state index in [1.165, 1.54) is 36.9 Å². The zero-order valence-electron chi connectivity index (χ0n) is 12.7. The lowest BCUT2D eigenvalue weighted by Crippen LogP contribution is -2.43. The van der Waals surface area contributed by atoms with Crippen LogP contribution in [0.25, 0.3) is 0 Å². The Bertz CT molecular complexity index is 661. The highest BCUT2D eigenvalue weighted by atomic mass is 32.1. The molecule has 7 heteroatoms. The van der Waals surface area contributed by atoms with E-state index in [1.807, 2.05) is 35.0 Å². The fourth-order valence-electron chi connectivity index (χ4n) is 2.95. The van der Waals surface area contributed by atoms with Crippen LogP contribution in [0.5, 0.6) is 0 Å². The van der Waals surface area contributed by atoms with Gasteiger partial charge in [0, 0.05) is 16.2 Å². The number of rotatable bonds is 4. The molecule has 1 aliphatic rings. The van der Waals surface area contributed by atoms with Crippen molar-refractivity contribution in [1.29, 1.82) is 0 Å². The summed E-state index contributed by atoms with van der Waals surface area (Å²) in [6, 6.07) is 7.57. The monoisotopic (exact) mass is 352 g/mol. The summed E-state index contributed by atoms with van der Waals surface area (Å²) in [5.41, 5.74) is -1.48. The topological polar surface area (TPSA) is 61.8 Å². The van der Waals surface area contributed by atoms with E-state index in [2.05, 4.69) is 0 Å². The van der Waals surface area contributed by atoms with Gasteiger partial charge in [0.25, 0.3) is 0 Å². The van der Waals surface area contributed by atoms with Crippen LogP contribution in [0.15, 0.2) is 35.0 Å². The van der Waals surface area contributed by atoms with E-state index in [0.29, 0.717) is 0 Å². The van der Waals surface area contributed by atoms with E-state index in [4.69, 9.17) is 14.2 Å². The second-order valence-electron chi connectivity index (χ2n) is 5.19. The SMILES string of the molecule is COC(=O)C1(C(=O)OC)C[C@H](c2cccs2)O[C@@H]1c1cccs1. The summed E-state index contributed by atoms with van der Waals surface area (Å²) >= 11 is 2.97. The number of methoxy groups -OCH3 is 2. The van der Waals surface area contributed by atoms with Crippen LogP contribution in [-0.4, -0.2) is 26.2 Å². The smallest absolute Gasteiger partial charge is 0.326 e. The van der Waals surface area contributed by atoms with Crippen molar-refractivity contribution in [3.63, 3.8) is 0 Å². The van der Waals surface area contributed by atoms with Crippen LogP contribution in [0, 0.1) is 5.41 Å². The molecular weight excluding hydrogens is 336 g/mol. The zero-order valence-corrected chi connectivity index (χ0v) is 14.3. The zero-order chi connectivity index (χ0) is 16.4. The molecule has 0 amide bonds. The lowest BCUT2D eigenvalue weighted by molar-refractivity contribution is -0.173. The van der Waals surface area contributed by atoms with E-state index in [-0.39, 0.29) is 12.5 Å². The Balaban J connectivity index is 2.08. The molecule has 0 radical (unpaired) electrons. The summed E-state index contributed by atoms with van der Waals surface area (Å²) in [5.74, 6) is -1.25. The van der Waals surface area contributed by atoms with Gasteiger partial charge < -0.3 is 14.2 Å². The Morgan fingerprint density at radius 2 is 1.65 bits per heavy atom. The molecule has 0 aromatic carbocycles. The van der Waals surface area contributed by atoms with E-state index in [1.54, 1.807) is 0 Å². The van der Waals surface area contributed by atoms with Gasteiger partial charge in [0.15, 0.2) is 5.41 Å². The van der Waals surface area contributed by atoms with Crippen LogP contribution < -0.4 is 0 Å². The number of esters is 2. The van der Waals surface area contributed by atoms with Crippen LogP contribution in [0.4, 0.5) is 0 Å². The third-order valence-electron chi connectivity index (χ3n) is 4.02. The maximum Gasteiger partial charge on any atom is 0.326 e. The minimum absolute atomic E-state index is 0.204. The van der Waals surface area contributed by atoms with E-state index in [9.17, 15) is 9.59 Å². The molecule has 1 aliphatic heterocycles. The number of ether oxygens (including phenoxy) is 3. The molecule has 2 aromatic rings. The van der Waals surface area contributed by atoms with E-state index in [0.717, 1.165) is 9.75 Å². The van der Waals surface area contributed by atoms with Crippen LogP contribution >= 0.6 is 22.7 Å². The summed E-state index contributed by atoms with van der Waals surface area (Å²) < 4.78 is 16.0. The fourth-order valence-corrected chi connectivity index (χ4v) is 4.56. The summed E-state index contributed by atoms with van der Waals surface area (Å²) in [6.07, 6.45) is -0.857. The van der Waals surface area contributed by atoms with Crippen molar-refractivity contribution in [2.24, 2.45) is 5.41 Å². The number of hydrogen-bond donors (Lipinski definition) is 0. The Labute approximate surface area is 141 Å². The Morgan fingerprint density at radius 3 is 2.13 bits per heavy atom. The highest BCUT2D eigenvalue weighted by molar-refractivity contribution is 7.10. The Kier molecular flexibility index (Phi) is 4.52. The van der Waals surface area contributed by atoms with Gasteiger partial charge in [0.1, 0.15) is 6.10 Å². The molecule has 122 valence electrons. The van der Waals surface area contributed by atoms with Gasteiger partial charge in [0.2, 0.25) is 0 Å². The lowest BCUT2D eigenvalue weighted by atomic mass is 9.78. The van der Waals surface area contributed by atoms with Crippen LogP contribution in [0.2, 0.25) is 0 Å². The number of carbonyl (C=O) groups excluding carboxylic acids is 2. The summed E-state index contributed by atoms with van der Waals surface area (Å²) in [6.45, 7) is 0. The molecule has 2 aromatic heterocycles. The van der Waals surface area contributed by atoms with Gasteiger partial charge in [-0.1, -0.05) is 12.1 Å². The van der Waals surface area contributed by atoms with Crippen LogP contribution in [0.1, 0.15) is 28.4 Å². The summed E-state index contributed by atoms with van der Waals surface area (Å²) in [7, 11) is 2.55. The molecule has 0 spiro atoms. The molecule has 23 heavy (non-hydrogen) atoms. The Morgan fingerprint density at radius 1 is 1.09 bits per heavy atom. The summed E-state index contributed by atoms with van der Waals surface area (Å²) in [5, 5.41) is 3.83. The highest BCUT2D eigenvalue weighted by Gasteiger charge is 2.62. The quantitative estimate of drug-likeness (QED) is 0.624. The first-order valence-electron chi connectivity index (χ1n) is 7.02. The molecule has 0 saturated carbocycles. The van der Waals surface area contributed by atoms with Crippen LogP contribution in [0.3, 0.4) is 0 Å². The number of hydrogen-bond acceptors (Lipinski definition) is 7. The van der Waals surface area contributed by atoms with Gasteiger partial charge in [-0.05, 0) is 22.9 Å². The predicted molar refractivity (Wildman–Crippen MR) is 86.3 cm³/mol. The second kappa shape index (κ2) is 6.43. The van der Waals surface area contributed by atoms with Crippen molar-refractivity contribution in [3.8, 4) is 0 Å².